The molecule has 2 aliphatic rings. The lowest BCUT2D eigenvalue weighted by Crippen LogP contribution is -2.47. The number of aromatic nitrogens is 2. The SMILES string of the molecule is Cl.Cl.Cn1cc(C2CCN(C(=O)[C@H]3CCCCN3)C2)cn1. The summed E-state index contributed by atoms with van der Waals surface area (Å²) in [5.41, 5.74) is 1.26. The summed E-state index contributed by atoms with van der Waals surface area (Å²) >= 11 is 0. The van der Waals surface area contributed by atoms with Crippen molar-refractivity contribution < 1.29 is 4.79 Å². The van der Waals surface area contributed by atoms with Crippen molar-refractivity contribution in [2.75, 3.05) is 19.6 Å². The Hall–Kier alpha value is -0.780. The molecule has 2 atom stereocenters. The smallest absolute Gasteiger partial charge is 0.239 e. The number of carbonyl (C=O) groups is 1. The van der Waals surface area contributed by atoms with Crippen LogP contribution in [-0.2, 0) is 11.8 Å². The van der Waals surface area contributed by atoms with Gasteiger partial charge in [0.1, 0.15) is 0 Å². The van der Waals surface area contributed by atoms with E-state index in [1.54, 1.807) is 0 Å². The molecule has 3 rings (SSSR count). The zero-order chi connectivity index (χ0) is 13.2. The van der Waals surface area contributed by atoms with Crippen LogP contribution < -0.4 is 5.32 Å². The van der Waals surface area contributed by atoms with Crippen LogP contribution in [-0.4, -0.2) is 46.3 Å². The van der Waals surface area contributed by atoms with Crippen molar-refractivity contribution in [1.29, 1.82) is 0 Å². The normalized spacial score (nSPS) is 25.1. The van der Waals surface area contributed by atoms with Gasteiger partial charge in [-0.2, -0.15) is 5.10 Å². The maximum atomic E-state index is 12.4. The minimum absolute atomic E-state index is 0. The van der Waals surface area contributed by atoms with Crippen molar-refractivity contribution in [3.8, 4) is 0 Å². The molecule has 2 fully saturated rings. The molecule has 120 valence electrons. The first-order valence-corrected chi connectivity index (χ1v) is 7.25. The maximum absolute atomic E-state index is 12.4. The van der Waals surface area contributed by atoms with Crippen molar-refractivity contribution in [1.82, 2.24) is 20.0 Å². The third-order valence-electron chi connectivity index (χ3n) is 4.30. The van der Waals surface area contributed by atoms with Gasteiger partial charge in [0, 0.05) is 32.3 Å². The van der Waals surface area contributed by atoms with E-state index >= 15 is 0 Å². The summed E-state index contributed by atoms with van der Waals surface area (Å²) in [6.45, 7) is 2.72. The van der Waals surface area contributed by atoms with Crippen LogP contribution in [0.25, 0.3) is 0 Å². The summed E-state index contributed by atoms with van der Waals surface area (Å²) in [6.07, 6.45) is 8.41. The monoisotopic (exact) mass is 334 g/mol. The quantitative estimate of drug-likeness (QED) is 0.895. The van der Waals surface area contributed by atoms with E-state index in [0.717, 1.165) is 32.5 Å². The molecule has 7 heteroatoms. The fraction of sp³-hybridized carbons (Fsp3) is 0.714. The minimum Gasteiger partial charge on any atom is -0.341 e. The van der Waals surface area contributed by atoms with E-state index in [0.29, 0.717) is 11.8 Å². The van der Waals surface area contributed by atoms with E-state index < -0.39 is 0 Å². The van der Waals surface area contributed by atoms with Gasteiger partial charge in [0.25, 0.3) is 0 Å². The summed E-state index contributed by atoms with van der Waals surface area (Å²) in [6, 6.07) is 0.0569. The number of halogens is 2. The molecule has 5 nitrogen and oxygen atoms in total. The summed E-state index contributed by atoms with van der Waals surface area (Å²) in [5, 5.41) is 7.57. The van der Waals surface area contributed by atoms with E-state index in [1.807, 2.05) is 22.8 Å². The highest BCUT2D eigenvalue weighted by atomic mass is 35.5. The molecule has 1 amide bonds. The lowest BCUT2D eigenvalue weighted by atomic mass is 10.0. The number of carbonyl (C=O) groups excluding carboxylic acids is 1. The molecule has 0 radical (unpaired) electrons. The third kappa shape index (κ3) is 4.11. The van der Waals surface area contributed by atoms with Crippen LogP contribution >= 0.6 is 24.8 Å². The summed E-state index contributed by atoms with van der Waals surface area (Å²) in [4.78, 5) is 14.5. The van der Waals surface area contributed by atoms with Crippen molar-refractivity contribution in [2.45, 2.75) is 37.6 Å². The second-order valence-corrected chi connectivity index (χ2v) is 5.72. The van der Waals surface area contributed by atoms with Crippen molar-refractivity contribution in [3.63, 3.8) is 0 Å². The minimum atomic E-state index is 0. The first kappa shape index (κ1) is 18.3. The molecule has 1 N–H and O–H groups in total. The molecular formula is C14H24Cl2N4O. The summed E-state index contributed by atoms with van der Waals surface area (Å²) in [5.74, 6) is 0.757. The fourth-order valence-corrected chi connectivity index (χ4v) is 3.17. The number of hydrogen-bond acceptors (Lipinski definition) is 3. The van der Waals surface area contributed by atoms with Crippen LogP contribution in [0.2, 0.25) is 0 Å². The Balaban J connectivity index is 0.00000110. The van der Waals surface area contributed by atoms with E-state index in [2.05, 4.69) is 16.6 Å². The molecule has 1 aromatic rings. The second-order valence-electron chi connectivity index (χ2n) is 5.72. The molecule has 0 aromatic carbocycles. The van der Waals surface area contributed by atoms with Crippen LogP contribution in [0.1, 0.15) is 37.2 Å². The number of amides is 1. The Bertz CT molecular complexity index is 460. The van der Waals surface area contributed by atoms with E-state index in [9.17, 15) is 4.79 Å². The van der Waals surface area contributed by atoms with Gasteiger partial charge >= 0.3 is 0 Å². The predicted molar refractivity (Wildman–Crippen MR) is 87.3 cm³/mol. The number of nitrogens with zero attached hydrogens (tertiary/aromatic N) is 3. The van der Waals surface area contributed by atoms with Gasteiger partial charge in [0.05, 0.1) is 12.2 Å². The van der Waals surface area contributed by atoms with Gasteiger partial charge in [-0.25, -0.2) is 0 Å². The van der Waals surface area contributed by atoms with Crippen LogP contribution in [0.15, 0.2) is 12.4 Å². The van der Waals surface area contributed by atoms with Gasteiger partial charge in [0.2, 0.25) is 5.91 Å². The van der Waals surface area contributed by atoms with Crippen molar-refractivity contribution in [2.24, 2.45) is 7.05 Å². The van der Waals surface area contributed by atoms with Crippen LogP contribution in [0, 0.1) is 0 Å². The molecule has 0 spiro atoms. The first-order valence-electron chi connectivity index (χ1n) is 7.25. The molecule has 1 unspecified atom stereocenters. The van der Waals surface area contributed by atoms with Crippen LogP contribution in [0.3, 0.4) is 0 Å². The number of nitrogens with one attached hydrogen (secondary N) is 1. The van der Waals surface area contributed by atoms with E-state index in [4.69, 9.17) is 0 Å². The first-order chi connectivity index (χ1) is 9.24. The average Bonchev–Trinajstić information content (AvgIpc) is 3.07. The van der Waals surface area contributed by atoms with Gasteiger partial charge in [0.15, 0.2) is 0 Å². The molecule has 0 saturated carbocycles. The summed E-state index contributed by atoms with van der Waals surface area (Å²) < 4.78 is 1.84. The highest BCUT2D eigenvalue weighted by molar-refractivity contribution is 5.85. The lowest BCUT2D eigenvalue weighted by molar-refractivity contribution is -0.133. The fourth-order valence-electron chi connectivity index (χ4n) is 3.17. The largest absolute Gasteiger partial charge is 0.341 e. The van der Waals surface area contributed by atoms with E-state index in [-0.39, 0.29) is 30.9 Å². The molecule has 0 bridgehead atoms. The Morgan fingerprint density at radius 2 is 2.14 bits per heavy atom. The number of hydrogen-bond donors (Lipinski definition) is 1. The zero-order valence-corrected chi connectivity index (χ0v) is 14.0. The Morgan fingerprint density at radius 3 is 2.76 bits per heavy atom. The summed E-state index contributed by atoms with van der Waals surface area (Å²) in [7, 11) is 1.94. The molecule has 2 saturated heterocycles. The Kier molecular flexibility index (Phi) is 6.97. The molecule has 2 aliphatic heterocycles. The van der Waals surface area contributed by atoms with Crippen LogP contribution in [0.5, 0.6) is 0 Å². The van der Waals surface area contributed by atoms with Gasteiger partial charge in [-0.3, -0.25) is 9.48 Å². The Labute approximate surface area is 138 Å². The molecule has 0 aliphatic carbocycles. The standard InChI is InChI=1S/C14H22N4O.2ClH/c1-17-9-12(8-16-17)11-5-7-18(10-11)14(19)13-4-2-3-6-15-13;;/h8-9,11,13,15H,2-7,10H2,1H3;2*1H/t11?,13-;;/m1../s1. The topological polar surface area (TPSA) is 50.2 Å². The van der Waals surface area contributed by atoms with Gasteiger partial charge in [-0.05, 0) is 31.4 Å². The predicted octanol–water partition coefficient (Wildman–Crippen LogP) is 1.72. The van der Waals surface area contributed by atoms with Crippen molar-refractivity contribution >= 4 is 30.7 Å². The third-order valence-corrected chi connectivity index (χ3v) is 4.30. The molecule has 21 heavy (non-hydrogen) atoms. The molecule has 1 aromatic heterocycles. The number of aryl methyl sites for hydroxylation is 1. The number of likely N-dealkylation sites (tertiary alicyclic amines) is 1. The molecular weight excluding hydrogens is 311 g/mol. The Morgan fingerprint density at radius 1 is 1.33 bits per heavy atom. The number of piperidine rings is 1. The van der Waals surface area contributed by atoms with Gasteiger partial charge in [-0.1, -0.05) is 6.42 Å². The number of rotatable bonds is 2. The second kappa shape index (κ2) is 8.01. The van der Waals surface area contributed by atoms with Gasteiger partial charge in [-0.15, -0.1) is 24.8 Å². The molecule has 3 heterocycles. The van der Waals surface area contributed by atoms with E-state index in [1.165, 1.54) is 18.4 Å². The highest BCUT2D eigenvalue weighted by Crippen LogP contribution is 2.27. The van der Waals surface area contributed by atoms with Gasteiger partial charge < -0.3 is 10.2 Å². The highest BCUT2D eigenvalue weighted by Gasteiger charge is 2.32. The zero-order valence-electron chi connectivity index (χ0n) is 12.3. The lowest BCUT2D eigenvalue weighted by Gasteiger charge is -2.27. The van der Waals surface area contributed by atoms with Crippen molar-refractivity contribution in [3.05, 3.63) is 18.0 Å². The average molecular weight is 335 g/mol. The van der Waals surface area contributed by atoms with Crippen LogP contribution in [0.4, 0.5) is 0 Å². The maximum Gasteiger partial charge on any atom is 0.239 e.